The normalized spacial score (nSPS) is 13.4. The topological polar surface area (TPSA) is 0 Å². The van der Waals surface area contributed by atoms with Crippen molar-refractivity contribution in [3.05, 3.63) is 77.9 Å². The molecule has 0 saturated heterocycles. The van der Waals surface area contributed by atoms with E-state index in [1.807, 2.05) is 0 Å². The molecule has 0 bridgehead atoms. The summed E-state index contributed by atoms with van der Waals surface area (Å²) < 4.78 is 0. The second-order valence-corrected chi connectivity index (χ2v) is 4.42. The van der Waals surface area contributed by atoms with Gasteiger partial charge in [-0.25, -0.2) is 0 Å². The van der Waals surface area contributed by atoms with Gasteiger partial charge < -0.3 is 0 Å². The summed E-state index contributed by atoms with van der Waals surface area (Å²) >= 11 is 0. The van der Waals surface area contributed by atoms with Crippen LogP contribution in [0.25, 0.3) is 5.57 Å². The molecule has 1 atom stereocenters. The third-order valence-corrected chi connectivity index (χ3v) is 3.05. The molecule has 0 amide bonds. The number of allylic oxidation sites excluding steroid dienone is 2. The van der Waals surface area contributed by atoms with E-state index in [0.717, 1.165) is 0 Å². The van der Waals surface area contributed by atoms with Crippen LogP contribution in [0.2, 0.25) is 0 Å². The van der Waals surface area contributed by atoms with Gasteiger partial charge >= 0.3 is 0 Å². The van der Waals surface area contributed by atoms with Gasteiger partial charge in [-0.2, -0.15) is 0 Å². The first-order chi connectivity index (χ1) is 8.27. The van der Waals surface area contributed by atoms with Crippen LogP contribution < -0.4 is 0 Å². The van der Waals surface area contributed by atoms with Crippen LogP contribution in [0, 0.1) is 0 Å². The lowest BCUT2D eigenvalue weighted by Gasteiger charge is -2.09. The van der Waals surface area contributed by atoms with Gasteiger partial charge in [-0.3, -0.25) is 0 Å². The van der Waals surface area contributed by atoms with E-state index in [4.69, 9.17) is 0 Å². The van der Waals surface area contributed by atoms with Crippen LogP contribution in [0.15, 0.2) is 66.7 Å². The van der Waals surface area contributed by atoms with Crippen LogP contribution in [0.1, 0.15) is 30.9 Å². The second-order valence-electron chi connectivity index (χ2n) is 4.42. The third-order valence-electron chi connectivity index (χ3n) is 3.05. The Balaban J connectivity index is 2.20. The molecule has 0 fully saturated rings. The Morgan fingerprint density at radius 3 is 2.00 bits per heavy atom. The first-order valence-electron chi connectivity index (χ1n) is 6.06. The Morgan fingerprint density at radius 2 is 1.41 bits per heavy atom. The minimum absolute atomic E-state index is 0.455. The maximum absolute atomic E-state index is 2.32. The quantitative estimate of drug-likeness (QED) is 0.693. The van der Waals surface area contributed by atoms with Crippen molar-refractivity contribution in [1.29, 1.82) is 0 Å². The van der Waals surface area contributed by atoms with E-state index >= 15 is 0 Å². The molecule has 0 heterocycles. The molecular formula is C17H18. The first kappa shape index (κ1) is 11.7. The lowest BCUT2D eigenvalue weighted by molar-refractivity contribution is 0.968. The van der Waals surface area contributed by atoms with E-state index < -0.39 is 0 Å². The Morgan fingerprint density at radius 1 is 0.882 bits per heavy atom. The van der Waals surface area contributed by atoms with E-state index in [2.05, 4.69) is 80.6 Å². The fourth-order valence-electron chi connectivity index (χ4n) is 2.03. The minimum atomic E-state index is 0.455. The van der Waals surface area contributed by atoms with E-state index in [-0.39, 0.29) is 0 Å². The number of hydrogen-bond acceptors (Lipinski definition) is 0. The fourth-order valence-corrected chi connectivity index (χ4v) is 2.03. The molecule has 17 heavy (non-hydrogen) atoms. The Bertz CT molecular complexity index is 480. The van der Waals surface area contributed by atoms with Crippen molar-refractivity contribution in [2.24, 2.45) is 0 Å². The van der Waals surface area contributed by atoms with Crippen LogP contribution in [0.5, 0.6) is 0 Å². The molecule has 0 aliphatic carbocycles. The summed E-state index contributed by atoms with van der Waals surface area (Å²) in [5, 5.41) is 0. The Kier molecular flexibility index (Phi) is 3.77. The summed E-state index contributed by atoms with van der Waals surface area (Å²) in [6.07, 6.45) is 2.32. The summed E-state index contributed by atoms with van der Waals surface area (Å²) in [5.74, 6) is 0.455. The summed E-state index contributed by atoms with van der Waals surface area (Å²) in [4.78, 5) is 0. The maximum atomic E-state index is 2.32. The molecule has 2 rings (SSSR count). The predicted octanol–water partition coefficient (Wildman–Crippen LogP) is 4.89. The van der Waals surface area contributed by atoms with Gasteiger partial charge in [0.15, 0.2) is 0 Å². The van der Waals surface area contributed by atoms with Crippen LogP contribution in [-0.4, -0.2) is 0 Å². The van der Waals surface area contributed by atoms with Crippen molar-refractivity contribution in [1.82, 2.24) is 0 Å². The van der Waals surface area contributed by atoms with Gasteiger partial charge in [-0.15, -0.1) is 0 Å². The van der Waals surface area contributed by atoms with Gasteiger partial charge in [0, 0.05) is 0 Å². The van der Waals surface area contributed by atoms with Gasteiger partial charge in [-0.05, 0) is 29.5 Å². The molecular weight excluding hydrogens is 204 g/mol. The number of benzene rings is 2. The highest BCUT2D eigenvalue weighted by Crippen LogP contribution is 2.22. The average molecular weight is 222 g/mol. The molecule has 0 radical (unpaired) electrons. The van der Waals surface area contributed by atoms with Crippen LogP contribution >= 0.6 is 0 Å². The molecule has 0 saturated carbocycles. The van der Waals surface area contributed by atoms with E-state index in [1.165, 1.54) is 16.7 Å². The number of rotatable bonds is 3. The average Bonchev–Trinajstić information content (AvgIpc) is 2.40. The SMILES string of the molecule is C/C(=C\C(C)c1ccccc1)c1ccccc1. The zero-order chi connectivity index (χ0) is 12.1. The standard InChI is InChI=1S/C17H18/c1-14(16-9-5-3-6-10-16)13-15(2)17-11-7-4-8-12-17/h3-14H,1-2H3/b15-13+. The van der Waals surface area contributed by atoms with E-state index in [9.17, 15) is 0 Å². The molecule has 0 heteroatoms. The van der Waals surface area contributed by atoms with Gasteiger partial charge in [0.05, 0.1) is 0 Å². The fraction of sp³-hybridized carbons (Fsp3) is 0.176. The minimum Gasteiger partial charge on any atom is -0.0738 e. The van der Waals surface area contributed by atoms with Crippen LogP contribution in [0.4, 0.5) is 0 Å². The monoisotopic (exact) mass is 222 g/mol. The third kappa shape index (κ3) is 3.07. The predicted molar refractivity (Wildman–Crippen MR) is 75.0 cm³/mol. The van der Waals surface area contributed by atoms with Crippen molar-refractivity contribution >= 4 is 5.57 Å². The van der Waals surface area contributed by atoms with E-state index in [0.29, 0.717) is 5.92 Å². The molecule has 2 aromatic rings. The van der Waals surface area contributed by atoms with Gasteiger partial charge in [0.1, 0.15) is 0 Å². The Hall–Kier alpha value is -1.82. The highest BCUT2D eigenvalue weighted by molar-refractivity contribution is 5.64. The molecule has 1 unspecified atom stereocenters. The zero-order valence-corrected chi connectivity index (χ0v) is 10.4. The Labute approximate surface area is 104 Å². The molecule has 0 aliphatic heterocycles. The zero-order valence-electron chi connectivity index (χ0n) is 10.4. The summed E-state index contributed by atoms with van der Waals surface area (Å²) in [6.45, 7) is 4.41. The molecule has 86 valence electrons. The van der Waals surface area contributed by atoms with Crippen molar-refractivity contribution in [3.63, 3.8) is 0 Å². The molecule has 0 N–H and O–H groups in total. The number of hydrogen-bond donors (Lipinski definition) is 0. The largest absolute Gasteiger partial charge is 0.0738 e. The van der Waals surface area contributed by atoms with Crippen LogP contribution in [-0.2, 0) is 0 Å². The van der Waals surface area contributed by atoms with Crippen molar-refractivity contribution < 1.29 is 0 Å². The highest BCUT2D eigenvalue weighted by atomic mass is 14.1. The lowest BCUT2D eigenvalue weighted by atomic mass is 9.96. The van der Waals surface area contributed by atoms with Gasteiger partial charge in [-0.1, -0.05) is 73.7 Å². The van der Waals surface area contributed by atoms with Crippen LogP contribution in [0.3, 0.4) is 0 Å². The maximum Gasteiger partial charge on any atom is -0.000451 e. The van der Waals surface area contributed by atoms with Gasteiger partial charge in [0.25, 0.3) is 0 Å². The van der Waals surface area contributed by atoms with Crippen molar-refractivity contribution in [3.8, 4) is 0 Å². The van der Waals surface area contributed by atoms with Gasteiger partial charge in [0.2, 0.25) is 0 Å². The summed E-state index contributed by atoms with van der Waals surface area (Å²) in [7, 11) is 0. The lowest BCUT2D eigenvalue weighted by Crippen LogP contribution is -1.90. The van der Waals surface area contributed by atoms with Crippen molar-refractivity contribution in [2.75, 3.05) is 0 Å². The summed E-state index contributed by atoms with van der Waals surface area (Å²) in [6, 6.07) is 21.1. The second kappa shape index (κ2) is 5.49. The highest BCUT2D eigenvalue weighted by Gasteiger charge is 2.02. The molecule has 0 aliphatic rings. The van der Waals surface area contributed by atoms with Crippen molar-refractivity contribution in [2.45, 2.75) is 19.8 Å². The molecule has 2 aromatic carbocycles. The van der Waals surface area contributed by atoms with E-state index in [1.54, 1.807) is 0 Å². The molecule has 0 aromatic heterocycles. The first-order valence-corrected chi connectivity index (χ1v) is 6.06. The summed E-state index contributed by atoms with van der Waals surface area (Å²) in [5.41, 5.74) is 4.00. The molecule has 0 spiro atoms. The smallest absolute Gasteiger partial charge is 0.000451 e. The molecule has 0 nitrogen and oxygen atoms in total.